The van der Waals surface area contributed by atoms with Crippen molar-refractivity contribution in [1.82, 2.24) is 4.57 Å². The molecule has 0 unspecified atom stereocenters. The highest BCUT2D eigenvalue weighted by Crippen LogP contribution is 2.37. The highest BCUT2D eigenvalue weighted by molar-refractivity contribution is 6.62. The molecular weight excluding hydrogens is 333 g/mol. The standard InChI is InChI=1S/C23H30BNO2/c1-15(2)14-25-19-11-9-8-10-18(19)21-16(3)12-17(13-20(21)25)24-26-22(4,5)23(6,7)27-24/h8-13,15H,14H2,1-7H3. The van der Waals surface area contributed by atoms with Crippen molar-refractivity contribution in [3.8, 4) is 0 Å². The van der Waals surface area contributed by atoms with Crippen molar-refractivity contribution in [1.29, 1.82) is 0 Å². The molecule has 0 atom stereocenters. The van der Waals surface area contributed by atoms with Gasteiger partial charge in [-0.3, -0.25) is 0 Å². The van der Waals surface area contributed by atoms with Crippen LogP contribution in [0.5, 0.6) is 0 Å². The molecule has 1 saturated heterocycles. The van der Waals surface area contributed by atoms with Gasteiger partial charge >= 0.3 is 7.12 Å². The number of nitrogens with zero attached hydrogens (tertiary/aromatic N) is 1. The summed E-state index contributed by atoms with van der Waals surface area (Å²) in [5, 5.41) is 2.66. The van der Waals surface area contributed by atoms with Gasteiger partial charge in [-0.05, 0) is 63.7 Å². The quantitative estimate of drug-likeness (QED) is 0.608. The Bertz CT molecular complexity index is 1000. The van der Waals surface area contributed by atoms with Crippen molar-refractivity contribution < 1.29 is 9.31 Å². The van der Waals surface area contributed by atoms with Gasteiger partial charge in [-0.1, -0.05) is 38.1 Å². The summed E-state index contributed by atoms with van der Waals surface area (Å²) in [5.74, 6) is 0.574. The molecule has 4 heteroatoms. The average Bonchev–Trinajstić information content (AvgIpc) is 2.99. The van der Waals surface area contributed by atoms with Gasteiger partial charge in [0.25, 0.3) is 0 Å². The predicted molar refractivity (Wildman–Crippen MR) is 115 cm³/mol. The summed E-state index contributed by atoms with van der Waals surface area (Å²) < 4.78 is 15.1. The van der Waals surface area contributed by atoms with Crippen molar-refractivity contribution in [2.24, 2.45) is 5.92 Å². The average molecular weight is 363 g/mol. The molecule has 0 aliphatic carbocycles. The molecular formula is C23H30BNO2. The second-order valence-electron chi connectivity index (χ2n) is 9.34. The largest absolute Gasteiger partial charge is 0.494 e. The zero-order valence-corrected chi connectivity index (χ0v) is 17.6. The van der Waals surface area contributed by atoms with Crippen LogP contribution < -0.4 is 5.46 Å². The molecule has 3 nitrogen and oxygen atoms in total. The van der Waals surface area contributed by atoms with Crippen LogP contribution in [-0.4, -0.2) is 22.9 Å². The normalized spacial score (nSPS) is 18.9. The van der Waals surface area contributed by atoms with Crippen LogP contribution in [0, 0.1) is 12.8 Å². The summed E-state index contributed by atoms with van der Waals surface area (Å²) in [6, 6.07) is 13.2. The summed E-state index contributed by atoms with van der Waals surface area (Å²) >= 11 is 0. The molecule has 3 aromatic rings. The number of para-hydroxylation sites is 1. The van der Waals surface area contributed by atoms with E-state index in [1.807, 2.05) is 0 Å². The Balaban J connectivity index is 1.92. The molecule has 0 amide bonds. The van der Waals surface area contributed by atoms with Gasteiger partial charge < -0.3 is 13.9 Å². The van der Waals surface area contributed by atoms with Crippen LogP contribution in [0.4, 0.5) is 0 Å². The molecule has 2 aromatic carbocycles. The fourth-order valence-corrected chi connectivity index (χ4v) is 4.09. The molecule has 0 bridgehead atoms. The number of aryl methyl sites for hydroxylation is 1. The molecule has 2 heterocycles. The van der Waals surface area contributed by atoms with E-state index in [1.165, 1.54) is 27.4 Å². The van der Waals surface area contributed by atoms with Crippen molar-refractivity contribution in [3.63, 3.8) is 0 Å². The second-order valence-corrected chi connectivity index (χ2v) is 9.34. The molecule has 1 aromatic heterocycles. The molecule has 1 aliphatic heterocycles. The fraction of sp³-hybridized carbons (Fsp3) is 0.478. The van der Waals surface area contributed by atoms with Crippen LogP contribution in [0.2, 0.25) is 0 Å². The molecule has 142 valence electrons. The Morgan fingerprint density at radius 1 is 0.963 bits per heavy atom. The Kier molecular flexibility index (Phi) is 4.21. The van der Waals surface area contributed by atoms with Crippen molar-refractivity contribution in [3.05, 3.63) is 42.0 Å². The van der Waals surface area contributed by atoms with Crippen LogP contribution >= 0.6 is 0 Å². The van der Waals surface area contributed by atoms with Gasteiger partial charge in [0.2, 0.25) is 0 Å². The van der Waals surface area contributed by atoms with Gasteiger partial charge in [0.05, 0.1) is 11.2 Å². The minimum Gasteiger partial charge on any atom is -0.399 e. The van der Waals surface area contributed by atoms with Crippen LogP contribution in [0.15, 0.2) is 36.4 Å². The Morgan fingerprint density at radius 2 is 1.59 bits per heavy atom. The van der Waals surface area contributed by atoms with Gasteiger partial charge in [0.15, 0.2) is 0 Å². The van der Waals surface area contributed by atoms with Crippen LogP contribution in [0.25, 0.3) is 21.8 Å². The number of hydrogen-bond donors (Lipinski definition) is 0. The summed E-state index contributed by atoms with van der Waals surface area (Å²) in [7, 11) is -0.330. The van der Waals surface area contributed by atoms with E-state index in [4.69, 9.17) is 9.31 Å². The highest BCUT2D eigenvalue weighted by atomic mass is 16.7. The number of fused-ring (bicyclic) bond motifs is 3. The molecule has 4 rings (SSSR count). The van der Waals surface area contributed by atoms with Crippen LogP contribution in [0.1, 0.15) is 47.1 Å². The number of rotatable bonds is 3. The van der Waals surface area contributed by atoms with Crippen molar-refractivity contribution >= 4 is 34.4 Å². The first-order chi connectivity index (χ1) is 12.6. The van der Waals surface area contributed by atoms with Gasteiger partial charge in [-0.25, -0.2) is 0 Å². The number of aromatic nitrogens is 1. The number of benzene rings is 2. The predicted octanol–water partition coefficient (Wildman–Crippen LogP) is 5.06. The first kappa shape index (κ1) is 18.6. The van der Waals surface area contributed by atoms with Gasteiger partial charge in [-0.2, -0.15) is 0 Å². The minimum absolute atomic E-state index is 0.328. The topological polar surface area (TPSA) is 23.4 Å². The summed E-state index contributed by atoms with van der Waals surface area (Å²) in [6.07, 6.45) is 0. The van der Waals surface area contributed by atoms with E-state index in [-0.39, 0.29) is 18.3 Å². The maximum atomic E-state index is 6.32. The highest BCUT2D eigenvalue weighted by Gasteiger charge is 2.51. The van der Waals surface area contributed by atoms with E-state index in [9.17, 15) is 0 Å². The lowest BCUT2D eigenvalue weighted by Gasteiger charge is -2.32. The maximum absolute atomic E-state index is 6.32. The van der Waals surface area contributed by atoms with Gasteiger partial charge in [-0.15, -0.1) is 0 Å². The molecule has 0 radical (unpaired) electrons. The van der Waals surface area contributed by atoms with E-state index in [0.29, 0.717) is 5.92 Å². The monoisotopic (exact) mass is 363 g/mol. The third kappa shape index (κ3) is 2.90. The summed E-state index contributed by atoms with van der Waals surface area (Å²) in [4.78, 5) is 0. The third-order valence-electron chi connectivity index (χ3n) is 6.17. The molecule has 27 heavy (non-hydrogen) atoms. The van der Waals surface area contributed by atoms with Gasteiger partial charge in [0, 0.05) is 28.4 Å². The van der Waals surface area contributed by atoms with Crippen LogP contribution in [-0.2, 0) is 15.9 Å². The SMILES string of the molecule is Cc1cc(B2OC(C)(C)C(C)(C)O2)cc2c1c1ccccc1n2CC(C)C. The maximum Gasteiger partial charge on any atom is 0.494 e. The van der Waals surface area contributed by atoms with E-state index >= 15 is 0 Å². The van der Waals surface area contributed by atoms with E-state index in [2.05, 4.69) is 89.4 Å². The second kappa shape index (κ2) is 6.12. The Labute approximate surface area is 162 Å². The number of hydrogen-bond acceptors (Lipinski definition) is 2. The molecule has 1 aliphatic rings. The molecule has 0 spiro atoms. The fourth-order valence-electron chi connectivity index (χ4n) is 4.09. The zero-order chi connectivity index (χ0) is 19.6. The van der Waals surface area contributed by atoms with E-state index in [1.54, 1.807) is 0 Å². The van der Waals surface area contributed by atoms with E-state index in [0.717, 1.165) is 12.0 Å². The lowest BCUT2D eigenvalue weighted by atomic mass is 9.77. The van der Waals surface area contributed by atoms with Crippen molar-refractivity contribution in [2.45, 2.75) is 66.2 Å². The molecule has 0 saturated carbocycles. The minimum atomic E-state index is -0.330. The Morgan fingerprint density at radius 3 is 2.22 bits per heavy atom. The third-order valence-corrected chi connectivity index (χ3v) is 6.17. The van der Waals surface area contributed by atoms with E-state index < -0.39 is 0 Å². The summed E-state index contributed by atoms with van der Waals surface area (Å²) in [6.45, 7) is 16.2. The zero-order valence-electron chi connectivity index (χ0n) is 17.6. The smallest absolute Gasteiger partial charge is 0.399 e. The van der Waals surface area contributed by atoms with Gasteiger partial charge in [0.1, 0.15) is 0 Å². The first-order valence-corrected chi connectivity index (χ1v) is 9.98. The van der Waals surface area contributed by atoms with Crippen LogP contribution in [0.3, 0.4) is 0 Å². The molecule has 0 N–H and O–H groups in total. The lowest BCUT2D eigenvalue weighted by Crippen LogP contribution is -2.41. The summed E-state index contributed by atoms with van der Waals surface area (Å²) in [5.41, 5.74) is 4.29. The molecule has 1 fully saturated rings. The lowest BCUT2D eigenvalue weighted by molar-refractivity contribution is 0.00578. The van der Waals surface area contributed by atoms with Crippen molar-refractivity contribution in [2.75, 3.05) is 0 Å². The Hall–Kier alpha value is -1.78. The first-order valence-electron chi connectivity index (χ1n) is 9.98.